The number of benzene rings is 3. The lowest BCUT2D eigenvalue weighted by molar-refractivity contribution is 0.837. The van der Waals surface area contributed by atoms with E-state index < -0.39 is 0 Å². The lowest BCUT2D eigenvalue weighted by Gasteiger charge is -2.09. The monoisotopic (exact) mass is 352 g/mol. The molecule has 0 amide bonds. The summed E-state index contributed by atoms with van der Waals surface area (Å²) in [5.74, 6) is -0.0181. The number of rotatable bonds is 4. The smallest absolute Gasteiger partial charge is 0.173 e. The molecule has 4 aromatic rings. The molecule has 0 saturated carbocycles. The minimum absolute atomic E-state index is 0.0181. The minimum Gasteiger partial charge on any atom is -0.343 e. The van der Waals surface area contributed by atoms with Gasteiger partial charge in [-0.15, -0.1) is 5.11 Å². The van der Waals surface area contributed by atoms with Crippen LogP contribution in [0.25, 0.3) is 22.0 Å². The Morgan fingerprint density at radius 1 is 0.926 bits per heavy atom. The number of fused-ring (bicyclic) bond motifs is 1. The molecule has 0 atom stereocenters. The first kappa shape index (κ1) is 16.9. The first-order chi connectivity index (χ1) is 13.1. The van der Waals surface area contributed by atoms with E-state index in [1.165, 1.54) is 22.3 Å². The molecule has 0 spiro atoms. The van der Waals surface area contributed by atoms with Gasteiger partial charge in [-0.3, -0.25) is 5.41 Å². The van der Waals surface area contributed by atoms with Gasteiger partial charge in [-0.2, -0.15) is 0 Å². The van der Waals surface area contributed by atoms with Crippen LogP contribution in [0.4, 0.5) is 0 Å². The van der Waals surface area contributed by atoms with Crippen molar-refractivity contribution in [3.8, 4) is 11.1 Å². The minimum atomic E-state index is -0.0181. The molecule has 3 aromatic carbocycles. The highest BCUT2D eigenvalue weighted by Gasteiger charge is 2.06. The van der Waals surface area contributed by atoms with Crippen LogP contribution in [0.2, 0.25) is 0 Å². The quantitative estimate of drug-likeness (QED) is 0.256. The highest BCUT2D eigenvalue weighted by molar-refractivity contribution is 5.99. The Kier molecular flexibility index (Phi) is 4.38. The van der Waals surface area contributed by atoms with Gasteiger partial charge in [0, 0.05) is 29.2 Å². The molecule has 132 valence electrons. The molecule has 0 bridgehead atoms. The van der Waals surface area contributed by atoms with E-state index in [1.54, 1.807) is 0 Å². The Bertz CT molecular complexity index is 1140. The zero-order valence-corrected chi connectivity index (χ0v) is 15.1. The molecule has 0 unspecified atom stereocenters. The van der Waals surface area contributed by atoms with Crippen LogP contribution < -0.4 is 0 Å². The lowest BCUT2D eigenvalue weighted by atomic mass is 10.0. The molecule has 0 aliphatic carbocycles. The van der Waals surface area contributed by atoms with Gasteiger partial charge in [0.1, 0.15) is 0 Å². The molecule has 1 heterocycles. The normalized spacial score (nSPS) is 10.9. The molecular formula is C23H20N4. The maximum Gasteiger partial charge on any atom is 0.173 e. The van der Waals surface area contributed by atoms with Gasteiger partial charge in [-0.05, 0) is 53.9 Å². The first-order valence-corrected chi connectivity index (χ1v) is 8.85. The summed E-state index contributed by atoms with van der Waals surface area (Å²) in [6.07, 6.45) is 2.06. The number of nitrogens with one attached hydrogen (secondary N) is 2. The maximum absolute atomic E-state index is 7.70. The van der Waals surface area contributed by atoms with Crippen molar-refractivity contribution in [2.75, 3.05) is 0 Å². The van der Waals surface area contributed by atoms with E-state index in [2.05, 4.69) is 71.3 Å². The maximum atomic E-state index is 7.70. The van der Waals surface area contributed by atoms with Crippen LogP contribution in [0.15, 0.2) is 84.1 Å². The molecule has 0 saturated heterocycles. The molecule has 0 radical (unpaired) electrons. The SMILES string of the molecule is Cc1ccc(-c2cccc(Cn3ccc4cc(C(=N)N=N)ccc43)c2)cc1. The summed E-state index contributed by atoms with van der Waals surface area (Å²) in [4.78, 5) is 0. The topological polar surface area (TPSA) is 65.0 Å². The van der Waals surface area contributed by atoms with E-state index in [1.807, 2.05) is 24.3 Å². The molecule has 2 N–H and O–H groups in total. The van der Waals surface area contributed by atoms with Crippen molar-refractivity contribution in [2.24, 2.45) is 5.11 Å². The first-order valence-electron chi connectivity index (χ1n) is 8.85. The van der Waals surface area contributed by atoms with Gasteiger partial charge in [0.05, 0.1) is 0 Å². The van der Waals surface area contributed by atoms with Crippen LogP contribution in [0.1, 0.15) is 16.7 Å². The van der Waals surface area contributed by atoms with Crippen LogP contribution >= 0.6 is 0 Å². The number of aryl methyl sites for hydroxylation is 1. The van der Waals surface area contributed by atoms with Crippen LogP contribution in [-0.4, -0.2) is 10.4 Å². The predicted octanol–water partition coefficient (Wildman–Crippen LogP) is 6.02. The number of hydrogen-bond acceptors (Lipinski definition) is 2. The number of hydrogen-bond donors (Lipinski definition) is 2. The third-order valence-corrected chi connectivity index (χ3v) is 4.82. The van der Waals surface area contributed by atoms with Gasteiger partial charge >= 0.3 is 0 Å². The number of aromatic nitrogens is 1. The summed E-state index contributed by atoms with van der Waals surface area (Å²) in [7, 11) is 0. The largest absolute Gasteiger partial charge is 0.343 e. The summed E-state index contributed by atoms with van der Waals surface area (Å²) in [5, 5.41) is 12.0. The van der Waals surface area contributed by atoms with Crippen LogP contribution in [0.5, 0.6) is 0 Å². The van der Waals surface area contributed by atoms with Gasteiger partial charge in [-0.1, -0.05) is 48.0 Å². The number of nitrogens with zero attached hydrogens (tertiary/aromatic N) is 2. The molecule has 4 heteroatoms. The van der Waals surface area contributed by atoms with E-state index in [0.717, 1.165) is 17.4 Å². The second-order valence-corrected chi connectivity index (χ2v) is 6.74. The van der Waals surface area contributed by atoms with Gasteiger partial charge in [0.15, 0.2) is 5.84 Å². The Balaban J connectivity index is 1.64. The van der Waals surface area contributed by atoms with Crippen LogP contribution in [0, 0.1) is 17.9 Å². The molecule has 4 nitrogen and oxygen atoms in total. The van der Waals surface area contributed by atoms with Crippen molar-refractivity contribution in [3.63, 3.8) is 0 Å². The molecule has 0 fully saturated rings. The highest BCUT2D eigenvalue weighted by Crippen LogP contribution is 2.23. The van der Waals surface area contributed by atoms with Crippen molar-refractivity contribution >= 4 is 16.7 Å². The second-order valence-electron chi connectivity index (χ2n) is 6.74. The van der Waals surface area contributed by atoms with Crippen LogP contribution in [-0.2, 0) is 6.54 Å². The highest BCUT2D eigenvalue weighted by atomic mass is 15.0. The third kappa shape index (κ3) is 3.42. The van der Waals surface area contributed by atoms with Crippen LogP contribution in [0.3, 0.4) is 0 Å². The average molecular weight is 352 g/mol. The Morgan fingerprint density at radius 3 is 2.52 bits per heavy atom. The second kappa shape index (κ2) is 7.00. The molecule has 0 aliphatic rings. The summed E-state index contributed by atoms with van der Waals surface area (Å²) in [5.41, 5.74) is 13.7. The van der Waals surface area contributed by atoms with Crippen molar-refractivity contribution in [3.05, 3.63) is 95.7 Å². The van der Waals surface area contributed by atoms with Crippen molar-refractivity contribution in [1.29, 1.82) is 10.9 Å². The average Bonchev–Trinajstić information content (AvgIpc) is 3.10. The van der Waals surface area contributed by atoms with E-state index in [9.17, 15) is 0 Å². The van der Waals surface area contributed by atoms with Gasteiger partial charge in [0.2, 0.25) is 0 Å². The molecule has 1 aromatic heterocycles. The van der Waals surface area contributed by atoms with Gasteiger partial charge in [0.25, 0.3) is 0 Å². The van der Waals surface area contributed by atoms with Crippen molar-refractivity contribution < 1.29 is 0 Å². The number of amidine groups is 1. The Morgan fingerprint density at radius 2 is 1.74 bits per heavy atom. The fourth-order valence-corrected chi connectivity index (χ4v) is 3.34. The standard InChI is InChI=1S/C23H20N4/c1-16-5-7-18(8-6-16)19-4-2-3-17(13-19)15-27-12-11-20-14-21(23(24)26-25)9-10-22(20)27/h2-14,24-25H,15H2,1H3. The zero-order valence-electron chi connectivity index (χ0n) is 15.1. The molecular weight excluding hydrogens is 332 g/mol. The van der Waals surface area contributed by atoms with Crippen molar-refractivity contribution in [2.45, 2.75) is 13.5 Å². The lowest BCUT2D eigenvalue weighted by Crippen LogP contribution is -1.99. The summed E-state index contributed by atoms with van der Waals surface area (Å²) in [6, 6.07) is 25.0. The fraction of sp³-hybridized carbons (Fsp3) is 0.0870. The summed E-state index contributed by atoms with van der Waals surface area (Å²) in [6.45, 7) is 2.88. The van der Waals surface area contributed by atoms with E-state index in [4.69, 9.17) is 10.9 Å². The van der Waals surface area contributed by atoms with E-state index in [-0.39, 0.29) is 5.84 Å². The fourth-order valence-electron chi connectivity index (χ4n) is 3.34. The molecule has 0 aliphatic heterocycles. The Hall–Kier alpha value is -3.53. The summed E-state index contributed by atoms with van der Waals surface area (Å²) >= 11 is 0. The summed E-state index contributed by atoms with van der Waals surface area (Å²) < 4.78 is 2.20. The van der Waals surface area contributed by atoms with Crippen molar-refractivity contribution in [1.82, 2.24) is 4.57 Å². The molecule has 4 rings (SSSR count). The predicted molar refractivity (Wildman–Crippen MR) is 110 cm³/mol. The van der Waals surface area contributed by atoms with E-state index in [0.29, 0.717) is 5.56 Å². The Labute approximate surface area is 158 Å². The molecule has 27 heavy (non-hydrogen) atoms. The van der Waals surface area contributed by atoms with Gasteiger partial charge in [-0.25, -0.2) is 5.53 Å². The zero-order chi connectivity index (χ0) is 18.8. The van der Waals surface area contributed by atoms with E-state index >= 15 is 0 Å². The third-order valence-electron chi connectivity index (χ3n) is 4.82. The van der Waals surface area contributed by atoms with Gasteiger partial charge < -0.3 is 4.57 Å².